The molecule has 2 heteroatoms. The molecule has 0 amide bonds. The molecule has 0 aliphatic carbocycles. The highest BCUT2D eigenvalue weighted by molar-refractivity contribution is 6.29. The lowest BCUT2D eigenvalue weighted by atomic mass is 10.0. The summed E-state index contributed by atoms with van der Waals surface area (Å²) in [5, 5.41) is 0.549. The van der Waals surface area contributed by atoms with Crippen LogP contribution in [0.4, 0.5) is 0 Å². The summed E-state index contributed by atoms with van der Waals surface area (Å²) in [7, 11) is 0. The monoisotopic (exact) mass is 231 g/mol. The molecule has 0 saturated carbocycles. The topological polar surface area (TPSA) is 12.9 Å². The van der Waals surface area contributed by atoms with Gasteiger partial charge in [0.2, 0.25) is 0 Å². The summed E-state index contributed by atoms with van der Waals surface area (Å²) in [4.78, 5) is 4.34. The maximum Gasteiger partial charge on any atom is 0.130 e. The zero-order chi connectivity index (χ0) is 11.7. The van der Waals surface area contributed by atoms with Gasteiger partial charge in [0, 0.05) is 5.56 Å². The van der Waals surface area contributed by atoms with Gasteiger partial charge in [-0.15, -0.1) is 0 Å². The van der Waals surface area contributed by atoms with Gasteiger partial charge in [0.05, 0.1) is 5.69 Å². The van der Waals surface area contributed by atoms with E-state index in [0.29, 0.717) is 5.15 Å². The van der Waals surface area contributed by atoms with Crippen LogP contribution in [0, 0.1) is 20.8 Å². The summed E-state index contributed by atoms with van der Waals surface area (Å²) < 4.78 is 0. The highest BCUT2D eigenvalue weighted by Gasteiger charge is 2.03. The van der Waals surface area contributed by atoms with Crippen molar-refractivity contribution < 1.29 is 0 Å². The average Bonchev–Trinajstić information content (AvgIpc) is 2.20. The summed E-state index contributed by atoms with van der Waals surface area (Å²) in [5.74, 6) is 0. The fraction of sp³-hybridized carbons (Fsp3) is 0.214. The second-order valence-corrected chi connectivity index (χ2v) is 4.54. The Morgan fingerprint density at radius 2 is 1.69 bits per heavy atom. The zero-order valence-corrected chi connectivity index (χ0v) is 10.5. The Bertz CT molecular complexity index is 512. The number of aryl methyl sites for hydroxylation is 3. The first-order valence-corrected chi connectivity index (χ1v) is 5.66. The molecule has 0 unspecified atom stereocenters. The lowest BCUT2D eigenvalue weighted by Gasteiger charge is -2.06. The van der Waals surface area contributed by atoms with E-state index in [1.54, 1.807) is 0 Å². The highest BCUT2D eigenvalue weighted by Crippen LogP contribution is 2.23. The smallest absolute Gasteiger partial charge is 0.130 e. The van der Waals surface area contributed by atoms with Crippen LogP contribution in [0.3, 0.4) is 0 Å². The minimum atomic E-state index is 0.549. The molecule has 1 aromatic heterocycles. The van der Waals surface area contributed by atoms with E-state index in [0.717, 1.165) is 16.8 Å². The van der Waals surface area contributed by atoms with Gasteiger partial charge in [-0.2, -0.15) is 0 Å². The molecule has 16 heavy (non-hydrogen) atoms. The van der Waals surface area contributed by atoms with Gasteiger partial charge in [-0.1, -0.05) is 23.7 Å². The third-order valence-corrected chi connectivity index (χ3v) is 2.93. The Morgan fingerprint density at radius 3 is 2.31 bits per heavy atom. The molecule has 0 fully saturated rings. The maximum atomic E-state index is 5.96. The lowest BCUT2D eigenvalue weighted by molar-refractivity contribution is 1.27. The van der Waals surface area contributed by atoms with Crippen LogP contribution in [-0.4, -0.2) is 4.98 Å². The molecule has 0 saturated heterocycles. The number of rotatable bonds is 1. The first-order chi connectivity index (χ1) is 7.56. The molecule has 0 N–H and O–H groups in total. The largest absolute Gasteiger partial charge is 0.236 e. The number of pyridine rings is 1. The van der Waals surface area contributed by atoms with Crippen molar-refractivity contribution in [1.29, 1.82) is 0 Å². The van der Waals surface area contributed by atoms with Crippen molar-refractivity contribution in [1.82, 2.24) is 4.98 Å². The van der Waals surface area contributed by atoms with E-state index in [9.17, 15) is 0 Å². The van der Waals surface area contributed by atoms with Crippen molar-refractivity contribution >= 4 is 11.6 Å². The molecule has 2 aromatic rings. The van der Waals surface area contributed by atoms with Crippen LogP contribution in [-0.2, 0) is 0 Å². The third kappa shape index (κ3) is 2.25. The van der Waals surface area contributed by atoms with Crippen LogP contribution in [0.5, 0.6) is 0 Å². The molecule has 0 spiro atoms. The first kappa shape index (κ1) is 11.2. The Labute approximate surface area is 101 Å². The predicted molar refractivity (Wildman–Crippen MR) is 68.9 cm³/mol. The van der Waals surface area contributed by atoms with Gasteiger partial charge in [-0.05, 0) is 55.7 Å². The number of aromatic nitrogens is 1. The molecule has 1 aromatic carbocycles. The van der Waals surface area contributed by atoms with E-state index < -0.39 is 0 Å². The first-order valence-electron chi connectivity index (χ1n) is 5.28. The predicted octanol–water partition coefficient (Wildman–Crippen LogP) is 4.33. The summed E-state index contributed by atoms with van der Waals surface area (Å²) in [6, 6.07) is 10.3. The second-order valence-electron chi connectivity index (χ2n) is 4.15. The Hall–Kier alpha value is -1.34. The van der Waals surface area contributed by atoms with Gasteiger partial charge >= 0.3 is 0 Å². The molecule has 0 aliphatic heterocycles. The quantitative estimate of drug-likeness (QED) is 0.666. The highest BCUT2D eigenvalue weighted by atomic mass is 35.5. The molecule has 0 aliphatic rings. The summed E-state index contributed by atoms with van der Waals surface area (Å²) in [5.41, 5.74) is 5.76. The lowest BCUT2D eigenvalue weighted by Crippen LogP contribution is -1.88. The minimum absolute atomic E-state index is 0.549. The molecule has 2 rings (SSSR count). The van der Waals surface area contributed by atoms with Crippen molar-refractivity contribution in [3.63, 3.8) is 0 Å². The van der Waals surface area contributed by atoms with Crippen LogP contribution in [0.25, 0.3) is 11.3 Å². The summed E-state index contributed by atoms with van der Waals surface area (Å²) in [6.45, 7) is 6.24. The molecule has 0 radical (unpaired) electrons. The number of hydrogen-bond donors (Lipinski definition) is 0. The van der Waals surface area contributed by atoms with Crippen LogP contribution < -0.4 is 0 Å². The molecule has 1 nitrogen and oxygen atoms in total. The van der Waals surface area contributed by atoms with Gasteiger partial charge in [-0.3, -0.25) is 0 Å². The van der Waals surface area contributed by atoms with Crippen LogP contribution >= 0.6 is 11.6 Å². The van der Waals surface area contributed by atoms with Crippen molar-refractivity contribution in [3.05, 3.63) is 52.2 Å². The Kier molecular flexibility index (Phi) is 2.97. The molecular formula is C14H14ClN. The van der Waals surface area contributed by atoms with Crippen molar-refractivity contribution in [2.24, 2.45) is 0 Å². The van der Waals surface area contributed by atoms with Crippen LogP contribution in [0.1, 0.15) is 16.7 Å². The zero-order valence-electron chi connectivity index (χ0n) is 9.71. The van der Waals surface area contributed by atoms with E-state index in [-0.39, 0.29) is 0 Å². The van der Waals surface area contributed by atoms with Crippen LogP contribution in [0.2, 0.25) is 5.15 Å². The van der Waals surface area contributed by atoms with Crippen molar-refractivity contribution in [3.8, 4) is 11.3 Å². The van der Waals surface area contributed by atoms with Gasteiger partial charge in [0.25, 0.3) is 0 Å². The molecular weight excluding hydrogens is 218 g/mol. The van der Waals surface area contributed by atoms with E-state index in [1.807, 2.05) is 13.0 Å². The fourth-order valence-corrected chi connectivity index (χ4v) is 1.94. The summed E-state index contributed by atoms with van der Waals surface area (Å²) >= 11 is 5.96. The second kappa shape index (κ2) is 4.26. The minimum Gasteiger partial charge on any atom is -0.236 e. The number of nitrogens with zero attached hydrogens (tertiary/aromatic N) is 1. The van der Waals surface area contributed by atoms with E-state index >= 15 is 0 Å². The molecule has 82 valence electrons. The normalized spacial score (nSPS) is 10.5. The van der Waals surface area contributed by atoms with Gasteiger partial charge in [0.1, 0.15) is 5.15 Å². The van der Waals surface area contributed by atoms with E-state index in [1.165, 1.54) is 11.1 Å². The summed E-state index contributed by atoms with van der Waals surface area (Å²) in [6.07, 6.45) is 0. The fourth-order valence-electron chi connectivity index (χ4n) is 1.67. The van der Waals surface area contributed by atoms with E-state index in [4.69, 9.17) is 11.6 Å². The van der Waals surface area contributed by atoms with Gasteiger partial charge < -0.3 is 0 Å². The maximum absolute atomic E-state index is 5.96. The molecule has 1 heterocycles. The average molecular weight is 232 g/mol. The molecule has 0 bridgehead atoms. The number of halogens is 1. The van der Waals surface area contributed by atoms with E-state index in [2.05, 4.69) is 43.1 Å². The standard InChI is InChI=1S/C14H14ClN/c1-9-6-13(16-14(15)7-9)12-5-4-10(2)11(3)8-12/h4-8H,1-3H3. The van der Waals surface area contributed by atoms with Gasteiger partial charge in [-0.25, -0.2) is 4.98 Å². The van der Waals surface area contributed by atoms with Crippen LogP contribution in [0.15, 0.2) is 30.3 Å². The van der Waals surface area contributed by atoms with Crippen molar-refractivity contribution in [2.45, 2.75) is 20.8 Å². The van der Waals surface area contributed by atoms with Gasteiger partial charge in [0.15, 0.2) is 0 Å². The Balaban J connectivity index is 2.54. The van der Waals surface area contributed by atoms with Crippen molar-refractivity contribution in [2.75, 3.05) is 0 Å². The number of hydrogen-bond acceptors (Lipinski definition) is 1. The third-order valence-electron chi connectivity index (χ3n) is 2.74. The Morgan fingerprint density at radius 1 is 0.938 bits per heavy atom. The number of benzene rings is 1. The SMILES string of the molecule is Cc1cc(Cl)nc(-c2ccc(C)c(C)c2)c1. The molecule has 0 atom stereocenters.